The molecule has 0 saturated carbocycles. The van der Waals surface area contributed by atoms with E-state index in [4.69, 9.17) is 30.5 Å². The first kappa shape index (κ1) is 24.5. The minimum absolute atomic E-state index is 0.0433. The van der Waals surface area contributed by atoms with Crippen LogP contribution < -0.4 is 15.8 Å². The van der Waals surface area contributed by atoms with Gasteiger partial charge in [-0.25, -0.2) is 9.59 Å². The zero-order valence-corrected chi connectivity index (χ0v) is 18.0. The van der Waals surface area contributed by atoms with Crippen molar-refractivity contribution in [3.63, 3.8) is 0 Å². The molecule has 1 aliphatic heterocycles. The summed E-state index contributed by atoms with van der Waals surface area (Å²) in [6.07, 6.45) is 0.423. The van der Waals surface area contributed by atoms with E-state index in [1.807, 2.05) is 0 Å². The zero-order valence-electron chi connectivity index (χ0n) is 18.0. The van der Waals surface area contributed by atoms with Gasteiger partial charge in [0.2, 0.25) is 11.7 Å². The summed E-state index contributed by atoms with van der Waals surface area (Å²) < 4.78 is 10.8. The Balaban J connectivity index is 1.60. The van der Waals surface area contributed by atoms with Crippen molar-refractivity contribution in [3.05, 3.63) is 53.5 Å². The van der Waals surface area contributed by atoms with Crippen molar-refractivity contribution in [1.29, 1.82) is 5.41 Å². The molecule has 0 unspecified atom stereocenters. The van der Waals surface area contributed by atoms with Crippen molar-refractivity contribution in [2.75, 3.05) is 6.54 Å². The molecular formula is C22H24N4O8. The molecule has 1 saturated heterocycles. The van der Waals surface area contributed by atoms with E-state index in [1.165, 1.54) is 18.2 Å². The fourth-order valence-corrected chi connectivity index (χ4v) is 3.59. The average molecular weight is 472 g/mol. The number of nitrogens with zero attached hydrogens (tertiary/aromatic N) is 1. The first-order chi connectivity index (χ1) is 16.1. The number of nitrogens with two attached hydrogens (primary N) is 1. The van der Waals surface area contributed by atoms with Gasteiger partial charge >= 0.3 is 17.9 Å². The Morgan fingerprint density at radius 3 is 2.50 bits per heavy atom. The highest BCUT2D eigenvalue weighted by Crippen LogP contribution is 2.22. The van der Waals surface area contributed by atoms with Gasteiger partial charge in [0.05, 0.1) is 19.0 Å². The van der Waals surface area contributed by atoms with Crippen LogP contribution in [0.5, 0.6) is 5.75 Å². The molecule has 180 valence electrons. The number of ether oxygens (including phenoxy) is 1. The summed E-state index contributed by atoms with van der Waals surface area (Å²) in [7, 11) is 0. The predicted molar refractivity (Wildman–Crippen MR) is 116 cm³/mol. The van der Waals surface area contributed by atoms with Crippen molar-refractivity contribution >= 4 is 29.7 Å². The summed E-state index contributed by atoms with van der Waals surface area (Å²) in [5, 5.41) is 27.6. The number of rotatable bonds is 10. The number of nitrogen functional groups attached to an aromatic ring is 1. The normalized spacial score (nSPS) is 16.5. The molecule has 0 bridgehead atoms. The van der Waals surface area contributed by atoms with Crippen LogP contribution in [-0.2, 0) is 20.9 Å². The van der Waals surface area contributed by atoms with Crippen LogP contribution in [0.2, 0.25) is 0 Å². The number of hydrogen-bond acceptors (Lipinski definition) is 8. The minimum Gasteiger partial charge on any atom is -0.481 e. The average Bonchev–Trinajstić information content (AvgIpc) is 3.43. The van der Waals surface area contributed by atoms with Gasteiger partial charge in [-0.3, -0.25) is 19.9 Å². The van der Waals surface area contributed by atoms with Gasteiger partial charge in [-0.2, -0.15) is 0 Å². The second-order valence-electron chi connectivity index (χ2n) is 7.72. The summed E-state index contributed by atoms with van der Waals surface area (Å²) in [5.41, 5.74) is 5.88. The van der Waals surface area contributed by atoms with E-state index in [9.17, 15) is 19.2 Å². The maximum absolute atomic E-state index is 12.6. The number of esters is 1. The van der Waals surface area contributed by atoms with Crippen molar-refractivity contribution in [2.24, 2.45) is 5.73 Å². The molecule has 1 aliphatic rings. The molecule has 1 aromatic carbocycles. The van der Waals surface area contributed by atoms with Crippen LogP contribution in [0, 0.1) is 5.41 Å². The second kappa shape index (κ2) is 10.6. The highest BCUT2D eigenvalue weighted by molar-refractivity contribution is 5.95. The van der Waals surface area contributed by atoms with Crippen molar-refractivity contribution in [3.8, 4) is 5.75 Å². The maximum Gasteiger partial charge on any atom is 0.379 e. The Hall–Kier alpha value is -4.19. The summed E-state index contributed by atoms with van der Waals surface area (Å²) in [6.45, 7) is 0.729. The summed E-state index contributed by atoms with van der Waals surface area (Å²) in [6, 6.07) is 6.93. The van der Waals surface area contributed by atoms with Gasteiger partial charge in [0.25, 0.3) is 0 Å². The molecule has 2 heterocycles. The summed E-state index contributed by atoms with van der Waals surface area (Å²) in [4.78, 5) is 48.8. The van der Waals surface area contributed by atoms with Crippen molar-refractivity contribution in [1.82, 2.24) is 10.2 Å². The van der Waals surface area contributed by atoms with Crippen LogP contribution in [0.1, 0.15) is 41.1 Å². The Morgan fingerprint density at radius 2 is 1.88 bits per heavy atom. The van der Waals surface area contributed by atoms with Crippen LogP contribution in [0.15, 0.2) is 40.8 Å². The molecule has 1 amide bonds. The number of furan rings is 1. The molecule has 12 nitrogen and oxygen atoms in total. The predicted octanol–water partition coefficient (Wildman–Crippen LogP) is 0.791. The second-order valence-corrected chi connectivity index (χ2v) is 7.72. The van der Waals surface area contributed by atoms with E-state index in [-0.39, 0.29) is 23.9 Å². The lowest BCUT2D eigenvalue weighted by Gasteiger charge is -2.24. The fraction of sp³-hybridized carbons (Fsp3) is 0.318. The monoisotopic (exact) mass is 472 g/mol. The number of carbonyl (C=O) groups excluding carboxylic acids is 2. The fourth-order valence-electron chi connectivity index (χ4n) is 3.59. The number of likely N-dealkylation sites (tertiary alicyclic amines) is 1. The smallest absolute Gasteiger partial charge is 0.379 e. The van der Waals surface area contributed by atoms with Gasteiger partial charge in [0.15, 0.2) is 0 Å². The molecule has 2 aromatic rings. The number of carboxylic acid groups (broad SMARTS) is 2. The minimum atomic E-state index is -1.53. The topological polar surface area (TPSA) is 196 Å². The highest BCUT2D eigenvalue weighted by Gasteiger charge is 2.34. The molecular weight excluding hydrogens is 448 g/mol. The molecule has 34 heavy (non-hydrogen) atoms. The van der Waals surface area contributed by atoms with Crippen molar-refractivity contribution < 1.29 is 38.5 Å². The quantitative estimate of drug-likeness (QED) is 0.143. The van der Waals surface area contributed by atoms with Gasteiger partial charge in [0.1, 0.15) is 23.4 Å². The van der Waals surface area contributed by atoms with Gasteiger partial charge in [-0.1, -0.05) is 0 Å². The number of amidine groups is 1. The molecule has 0 spiro atoms. The first-order valence-corrected chi connectivity index (χ1v) is 10.4. The number of benzene rings is 1. The van der Waals surface area contributed by atoms with Gasteiger partial charge in [-0.15, -0.1) is 0 Å². The molecule has 6 N–H and O–H groups in total. The number of carboxylic acids is 2. The van der Waals surface area contributed by atoms with Crippen LogP contribution in [0.3, 0.4) is 0 Å². The zero-order chi connectivity index (χ0) is 24.8. The molecule has 3 rings (SSSR count). The number of carbonyl (C=O) groups is 4. The van der Waals surface area contributed by atoms with E-state index < -0.39 is 42.3 Å². The van der Waals surface area contributed by atoms with Crippen LogP contribution in [0.4, 0.5) is 0 Å². The van der Waals surface area contributed by atoms with Crippen LogP contribution in [0.25, 0.3) is 0 Å². The third kappa shape index (κ3) is 6.19. The summed E-state index contributed by atoms with van der Waals surface area (Å²) >= 11 is 0. The van der Waals surface area contributed by atoms with Gasteiger partial charge < -0.3 is 30.4 Å². The highest BCUT2D eigenvalue weighted by atomic mass is 16.5. The van der Waals surface area contributed by atoms with Gasteiger partial charge in [0, 0.05) is 5.56 Å². The van der Waals surface area contributed by atoms with Crippen LogP contribution >= 0.6 is 0 Å². The molecule has 2 atom stereocenters. The lowest BCUT2D eigenvalue weighted by atomic mass is 10.1. The Morgan fingerprint density at radius 1 is 1.18 bits per heavy atom. The van der Waals surface area contributed by atoms with E-state index in [2.05, 4.69) is 5.32 Å². The van der Waals surface area contributed by atoms with Crippen LogP contribution in [-0.4, -0.2) is 63.4 Å². The first-order valence-electron chi connectivity index (χ1n) is 10.4. The largest absolute Gasteiger partial charge is 0.481 e. The van der Waals surface area contributed by atoms with E-state index in [1.54, 1.807) is 23.1 Å². The number of nitrogens with one attached hydrogen (secondary N) is 2. The number of amides is 1. The molecule has 1 aromatic heterocycles. The maximum atomic E-state index is 12.6. The third-order valence-electron chi connectivity index (χ3n) is 5.26. The van der Waals surface area contributed by atoms with Gasteiger partial charge in [-0.05, 0) is 55.8 Å². The Kier molecular flexibility index (Phi) is 7.64. The Bertz CT molecular complexity index is 1090. The standard InChI is InChI=1S/C22H24N4O8/c23-19(24)12-3-5-13(6-4-12)34-22(32)17-8-7-14(33-17)11-26-9-1-2-16(26)20(29)25-15(21(30)31)10-18(27)28/h3-8,15-16H,1-2,9-11H2,(H3,23,24)(H,25,29)(H,27,28)(H,30,31)/t15-,16-/m0/s1. The van der Waals surface area contributed by atoms with E-state index in [0.29, 0.717) is 30.7 Å². The van der Waals surface area contributed by atoms with Crippen molar-refractivity contribution in [2.45, 2.75) is 37.9 Å². The summed E-state index contributed by atoms with van der Waals surface area (Å²) in [5.74, 6) is -3.56. The molecule has 0 radical (unpaired) electrons. The van der Waals surface area contributed by atoms with E-state index >= 15 is 0 Å². The lowest BCUT2D eigenvalue weighted by Crippen LogP contribution is -2.49. The lowest BCUT2D eigenvalue weighted by molar-refractivity contribution is -0.147. The molecule has 12 heteroatoms. The number of aliphatic carboxylic acids is 2. The number of hydrogen-bond donors (Lipinski definition) is 5. The SMILES string of the molecule is N=C(N)c1ccc(OC(=O)c2ccc(CN3CCC[C@H]3C(=O)N[C@@H](CC(=O)O)C(=O)O)o2)cc1. The third-order valence-corrected chi connectivity index (χ3v) is 5.26. The molecule has 0 aliphatic carbocycles. The van der Waals surface area contributed by atoms with E-state index in [0.717, 1.165) is 0 Å². The Labute approximate surface area is 193 Å². The molecule has 1 fully saturated rings.